The molecule has 0 amide bonds. The van der Waals surface area contributed by atoms with Crippen molar-refractivity contribution in [2.45, 2.75) is 32.5 Å². The fourth-order valence-electron chi connectivity index (χ4n) is 2.24. The summed E-state index contributed by atoms with van der Waals surface area (Å²) in [5, 5.41) is 13.2. The Morgan fingerprint density at radius 3 is 2.36 bits per heavy atom. The van der Waals surface area contributed by atoms with Gasteiger partial charge in [-0.25, -0.2) is 13.5 Å². The molecule has 8 heteroatoms. The van der Waals surface area contributed by atoms with E-state index in [0.717, 1.165) is 4.68 Å². The molecule has 3 nitrogen and oxygen atoms in total. The van der Waals surface area contributed by atoms with Gasteiger partial charge in [0.2, 0.25) is 0 Å². The summed E-state index contributed by atoms with van der Waals surface area (Å²) in [5.74, 6) is -3.01. The topological polar surface area (TPSA) is 38.0 Å². The Kier molecular flexibility index (Phi) is 4.23. The molecule has 0 atom stereocenters. The van der Waals surface area contributed by atoms with Gasteiger partial charge < -0.3 is 5.11 Å². The van der Waals surface area contributed by atoms with E-state index < -0.39 is 35.7 Å². The Balaban J connectivity index is 2.78. The highest BCUT2D eigenvalue weighted by atomic mass is 19.4. The van der Waals surface area contributed by atoms with E-state index in [2.05, 4.69) is 5.10 Å². The summed E-state index contributed by atoms with van der Waals surface area (Å²) in [6.45, 7) is 2.91. The average molecular weight is 320 g/mol. The third-order valence-corrected chi connectivity index (χ3v) is 3.22. The summed E-state index contributed by atoms with van der Waals surface area (Å²) in [6, 6.07) is 0.708. The highest BCUT2D eigenvalue weighted by Crippen LogP contribution is 2.37. The minimum absolute atomic E-state index is 0.0606. The van der Waals surface area contributed by atoms with E-state index in [4.69, 9.17) is 0 Å². The Labute approximate surface area is 123 Å². The number of aliphatic hydroxyl groups excluding tert-OH is 1. The van der Waals surface area contributed by atoms with Gasteiger partial charge in [0.25, 0.3) is 0 Å². The van der Waals surface area contributed by atoms with Crippen LogP contribution in [0.4, 0.5) is 22.0 Å². The molecule has 0 spiro atoms. The van der Waals surface area contributed by atoms with Crippen LogP contribution in [-0.4, -0.2) is 14.9 Å². The van der Waals surface area contributed by atoms with E-state index in [1.165, 1.54) is 6.20 Å². The number of nitrogens with zero attached hydrogens (tertiary/aromatic N) is 2. The fourth-order valence-corrected chi connectivity index (χ4v) is 2.24. The molecule has 0 aliphatic rings. The van der Waals surface area contributed by atoms with Crippen LogP contribution in [0.25, 0.3) is 5.69 Å². The second-order valence-corrected chi connectivity index (χ2v) is 5.05. The number of aliphatic hydroxyl groups is 1. The lowest BCUT2D eigenvalue weighted by atomic mass is 10.0. The first-order valence-corrected chi connectivity index (χ1v) is 6.41. The minimum atomic E-state index is -5.02. The summed E-state index contributed by atoms with van der Waals surface area (Å²) in [5.41, 5.74) is -1.85. The lowest BCUT2D eigenvalue weighted by Gasteiger charge is -2.16. The first kappa shape index (κ1) is 16.4. The van der Waals surface area contributed by atoms with Crippen molar-refractivity contribution < 1.29 is 27.1 Å². The number of halogens is 5. The maximum absolute atomic E-state index is 13.6. The van der Waals surface area contributed by atoms with Crippen LogP contribution >= 0.6 is 0 Å². The maximum atomic E-state index is 13.6. The van der Waals surface area contributed by atoms with Crippen LogP contribution in [0, 0.1) is 11.6 Å². The van der Waals surface area contributed by atoms with Crippen molar-refractivity contribution in [1.29, 1.82) is 0 Å². The number of alkyl halides is 3. The van der Waals surface area contributed by atoms with Crippen molar-refractivity contribution in [3.05, 3.63) is 46.8 Å². The van der Waals surface area contributed by atoms with Gasteiger partial charge in [-0.1, -0.05) is 13.8 Å². The summed E-state index contributed by atoms with van der Waals surface area (Å²) in [4.78, 5) is 0. The van der Waals surface area contributed by atoms with Gasteiger partial charge in [-0.2, -0.15) is 18.3 Å². The summed E-state index contributed by atoms with van der Waals surface area (Å²) < 4.78 is 66.9. The molecule has 2 aromatic rings. The first-order chi connectivity index (χ1) is 10.2. The predicted octanol–water partition coefficient (Wildman–Crippen LogP) is 3.79. The molecule has 1 heterocycles. The second-order valence-electron chi connectivity index (χ2n) is 5.05. The normalized spacial score (nSPS) is 12.2. The minimum Gasteiger partial charge on any atom is -0.390 e. The summed E-state index contributed by atoms with van der Waals surface area (Å²) in [7, 11) is 0. The van der Waals surface area contributed by atoms with Gasteiger partial charge in [0.05, 0.1) is 24.2 Å². The zero-order valence-electron chi connectivity index (χ0n) is 11.7. The van der Waals surface area contributed by atoms with Crippen LogP contribution < -0.4 is 0 Å². The highest BCUT2D eigenvalue weighted by Gasteiger charge is 2.39. The number of rotatable bonds is 3. The largest absolute Gasteiger partial charge is 0.421 e. The van der Waals surface area contributed by atoms with Crippen molar-refractivity contribution in [2.24, 2.45) is 0 Å². The third-order valence-electron chi connectivity index (χ3n) is 3.22. The molecule has 0 unspecified atom stereocenters. The van der Waals surface area contributed by atoms with Crippen LogP contribution in [0.2, 0.25) is 0 Å². The van der Waals surface area contributed by atoms with E-state index >= 15 is 0 Å². The van der Waals surface area contributed by atoms with Gasteiger partial charge in [0.1, 0.15) is 17.2 Å². The predicted molar refractivity (Wildman–Crippen MR) is 68.5 cm³/mol. The van der Waals surface area contributed by atoms with Crippen molar-refractivity contribution in [3.8, 4) is 5.69 Å². The number of hydrogen-bond acceptors (Lipinski definition) is 2. The molecule has 0 bridgehead atoms. The lowest BCUT2D eigenvalue weighted by molar-refractivity contribution is -0.140. The SMILES string of the molecule is CC(C)c1cnn(-c2cc(F)cc(F)c2C(F)(F)F)c1CO. The molecule has 0 saturated heterocycles. The Bertz CT molecular complexity index is 691. The Morgan fingerprint density at radius 2 is 1.86 bits per heavy atom. The van der Waals surface area contributed by atoms with Crippen molar-refractivity contribution in [2.75, 3.05) is 0 Å². The standard InChI is InChI=1S/C14H13F5N2O/c1-7(2)9-5-20-21(12(9)6-22)11-4-8(15)3-10(16)13(11)14(17,18)19/h3-5,7,22H,6H2,1-2H3. The molecule has 22 heavy (non-hydrogen) atoms. The van der Waals surface area contributed by atoms with Crippen molar-refractivity contribution in [1.82, 2.24) is 9.78 Å². The fraction of sp³-hybridized carbons (Fsp3) is 0.357. The maximum Gasteiger partial charge on any atom is 0.421 e. The first-order valence-electron chi connectivity index (χ1n) is 6.41. The van der Waals surface area contributed by atoms with Gasteiger partial charge in [0.15, 0.2) is 0 Å². The van der Waals surface area contributed by atoms with Gasteiger partial charge in [-0.15, -0.1) is 0 Å². The van der Waals surface area contributed by atoms with E-state index in [-0.39, 0.29) is 17.7 Å². The van der Waals surface area contributed by atoms with Crippen LogP contribution in [0.15, 0.2) is 18.3 Å². The van der Waals surface area contributed by atoms with E-state index in [9.17, 15) is 27.1 Å². The molecule has 0 aliphatic heterocycles. The smallest absolute Gasteiger partial charge is 0.390 e. The van der Waals surface area contributed by atoms with Crippen LogP contribution in [-0.2, 0) is 12.8 Å². The van der Waals surface area contributed by atoms with E-state index in [0.29, 0.717) is 11.6 Å². The van der Waals surface area contributed by atoms with Gasteiger partial charge in [-0.05, 0) is 11.5 Å². The van der Waals surface area contributed by atoms with Crippen molar-refractivity contribution >= 4 is 0 Å². The zero-order chi connectivity index (χ0) is 16.7. The van der Waals surface area contributed by atoms with Crippen LogP contribution in [0.1, 0.15) is 36.6 Å². The quantitative estimate of drug-likeness (QED) is 0.874. The molecule has 1 aromatic heterocycles. The Morgan fingerprint density at radius 1 is 1.23 bits per heavy atom. The monoisotopic (exact) mass is 320 g/mol. The Hall–Kier alpha value is -1.96. The van der Waals surface area contributed by atoms with Crippen LogP contribution in [0.3, 0.4) is 0 Å². The van der Waals surface area contributed by atoms with Crippen molar-refractivity contribution in [3.63, 3.8) is 0 Å². The molecule has 0 radical (unpaired) electrons. The van der Waals surface area contributed by atoms with Crippen LogP contribution in [0.5, 0.6) is 0 Å². The molecular weight excluding hydrogens is 307 g/mol. The summed E-state index contributed by atoms with van der Waals surface area (Å²) in [6.07, 6.45) is -3.75. The number of hydrogen-bond donors (Lipinski definition) is 1. The van der Waals surface area contributed by atoms with Gasteiger partial charge >= 0.3 is 6.18 Å². The molecule has 0 fully saturated rings. The number of benzene rings is 1. The molecular formula is C14H13F5N2O. The average Bonchev–Trinajstić information content (AvgIpc) is 2.79. The molecule has 0 saturated carbocycles. The van der Waals surface area contributed by atoms with E-state index in [1.807, 2.05) is 0 Å². The second kappa shape index (κ2) is 5.68. The lowest BCUT2D eigenvalue weighted by Crippen LogP contribution is -2.16. The molecule has 1 N–H and O–H groups in total. The molecule has 120 valence electrons. The van der Waals surface area contributed by atoms with E-state index in [1.54, 1.807) is 13.8 Å². The third kappa shape index (κ3) is 2.83. The van der Waals surface area contributed by atoms with Gasteiger partial charge in [-0.3, -0.25) is 0 Å². The number of aromatic nitrogens is 2. The highest BCUT2D eigenvalue weighted by molar-refractivity contribution is 5.46. The molecule has 1 aromatic carbocycles. The van der Waals surface area contributed by atoms with Gasteiger partial charge in [0, 0.05) is 12.1 Å². The molecule has 2 rings (SSSR count). The molecule has 0 aliphatic carbocycles. The summed E-state index contributed by atoms with van der Waals surface area (Å²) >= 11 is 0. The zero-order valence-corrected chi connectivity index (χ0v) is 11.7.